The minimum absolute atomic E-state index is 0.362. The number of nitrogens with two attached hydrogens (primary N) is 1. The van der Waals surface area contributed by atoms with E-state index in [-0.39, 0.29) is 0 Å². The Hall–Kier alpha value is -0.0800. The van der Waals surface area contributed by atoms with Crippen molar-refractivity contribution >= 4 is 0 Å². The summed E-state index contributed by atoms with van der Waals surface area (Å²) in [5.74, 6) is 1.61. The lowest BCUT2D eigenvalue weighted by Crippen LogP contribution is -2.37. The number of rotatable bonds is 5. The predicted molar refractivity (Wildman–Crippen MR) is 64.8 cm³/mol. The fourth-order valence-electron chi connectivity index (χ4n) is 2.85. The van der Waals surface area contributed by atoms with Gasteiger partial charge >= 0.3 is 0 Å². The van der Waals surface area contributed by atoms with Crippen molar-refractivity contribution in [3.8, 4) is 0 Å². The molecule has 0 radical (unpaired) electrons. The van der Waals surface area contributed by atoms with Gasteiger partial charge in [-0.25, -0.2) is 0 Å². The standard InChI is InChI=1S/C13H27NO/c1-4-5-11-6-7-13(14)12(9-11)8-10(2)15-3/h10-13H,4-9,14H2,1-3H3. The van der Waals surface area contributed by atoms with Gasteiger partial charge in [-0.1, -0.05) is 19.8 Å². The van der Waals surface area contributed by atoms with Crippen molar-refractivity contribution in [2.75, 3.05) is 7.11 Å². The quantitative estimate of drug-likeness (QED) is 0.762. The molecule has 0 bridgehead atoms. The molecule has 0 aromatic carbocycles. The molecule has 90 valence electrons. The fourth-order valence-corrected chi connectivity index (χ4v) is 2.85. The Bertz CT molecular complexity index is 172. The molecule has 15 heavy (non-hydrogen) atoms. The van der Waals surface area contributed by atoms with Crippen molar-refractivity contribution in [2.24, 2.45) is 17.6 Å². The highest BCUT2D eigenvalue weighted by atomic mass is 16.5. The Morgan fingerprint density at radius 2 is 2.13 bits per heavy atom. The predicted octanol–water partition coefficient (Wildman–Crippen LogP) is 2.96. The summed E-state index contributed by atoms with van der Waals surface area (Å²) >= 11 is 0. The van der Waals surface area contributed by atoms with Crippen LogP contribution >= 0.6 is 0 Å². The fraction of sp³-hybridized carbons (Fsp3) is 1.00. The van der Waals surface area contributed by atoms with Crippen LogP contribution in [-0.2, 0) is 4.74 Å². The van der Waals surface area contributed by atoms with Crippen LogP contribution in [0.2, 0.25) is 0 Å². The van der Waals surface area contributed by atoms with Crippen LogP contribution in [0.25, 0.3) is 0 Å². The summed E-state index contributed by atoms with van der Waals surface area (Å²) in [7, 11) is 1.79. The molecular weight excluding hydrogens is 186 g/mol. The van der Waals surface area contributed by atoms with Crippen LogP contribution in [0.4, 0.5) is 0 Å². The van der Waals surface area contributed by atoms with Gasteiger partial charge in [0, 0.05) is 13.2 Å². The summed E-state index contributed by atoms with van der Waals surface area (Å²) in [5.41, 5.74) is 6.18. The van der Waals surface area contributed by atoms with Gasteiger partial charge < -0.3 is 10.5 Å². The van der Waals surface area contributed by atoms with Crippen molar-refractivity contribution in [3.63, 3.8) is 0 Å². The van der Waals surface area contributed by atoms with Gasteiger partial charge in [-0.05, 0) is 44.4 Å². The maximum atomic E-state index is 6.18. The number of ether oxygens (including phenoxy) is 1. The lowest BCUT2D eigenvalue weighted by Gasteiger charge is -2.35. The Balaban J connectivity index is 2.39. The van der Waals surface area contributed by atoms with E-state index in [1.54, 1.807) is 7.11 Å². The molecule has 1 aliphatic rings. The summed E-state index contributed by atoms with van der Waals surface area (Å²) in [6.45, 7) is 4.43. The van der Waals surface area contributed by atoms with Crippen LogP contribution in [0.1, 0.15) is 52.4 Å². The third-order valence-electron chi connectivity index (χ3n) is 3.88. The van der Waals surface area contributed by atoms with E-state index in [4.69, 9.17) is 10.5 Å². The average Bonchev–Trinajstić information content (AvgIpc) is 2.23. The van der Waals surface area contributed by atoms with Crippen LogP contribution in [0.3, 0.4) is 0 Å². The summed E-state index contributed by atoms with van der Waals surface area (Å²) in [5, 5.41) is 0. The Kier molecular flexibility index (Phi) is 5.62. The lowest BCUT2D eigenvalue weighted by molar-refractivity contribution is 0.0750. The van der Waals surface area contributed by atoms with E-state index in [1.807, 2.05) is 0 Å². The maximum Gasteiger partial charge on any atom is 0.0546 e. The van der Waals surface area contributed by atoms with E-state index < -0.39 is 0 Å². The Labute approximate surface area is 94.6 Å². The lowest BCUT2D eigenvalue weighted by atomic mass is 9.74. The molecule has 0 amide bonds. The van der Waals surface area contributed by atoms with Crippen LogP contribution < -0.4 is 5.73 Å². The largest absolute Gasteiger partial charge is 0.382 e. The van der Waals surface area contributed by atoms with E-state index in [1.165, 1.54) is 32.1 Å². The van der Waals surface area contributed by atoms with Crippen molar-refractivity contribution in [1.82, 2.24) is 0 Å². The van der Waals surface area contributed by atoms with Crippen molar-refractivity contribution in [1.29, 1.82) is 0 Å². The first-order valence-corrected chi connectivity index (χ1v) is 6.45. The molecule has 1 aliphatic carbocycles. The normalized spacial score (nSPS) is 34.0. The highest BCUT2D eigenvalue weighted by molar-refractivity contribution is 4.83. The van der Waals surface area contributed by atoms with E-state index in [0.717, 1.165) is 12.3 Å². The van der Waals surface area contributed by atoms with Crippen molar-refractivity contribution in [2.45, 2.75) is 64.5 Å². The molecular formula is C13H27NO. The summed E-state index contributed by atoms with van der Waals surface area (Å²) in [6, 6.07) is 0.413. The third-order valence-corrected chi connectivity index (χ3v) is 3.88. The van der Waals surface area contributed by atoms with Gasteiger partial charge in [0.2, 0.25) is 0 Å². The first kappa shape index (κ1) is 13.0. The van der Waals surface area contributed by atoms with Gasteiger partial charge in [-0.15, -0.1) is 0 Å². The van der Waals surface area contributed by atoms with E-state index in [2.05, 4.69) is 13.8 Å². The van der Waals surface area contributed by atoms with E-state index >= 15 is 0 Å². The molecule has 0 aromatic heterocycles. The molecule has 0 aromatic rings. The second kappa shape index (κ2) is 6.49. The molecule has 1 fully saturated rings. The second-order valence-corrected chi connectivity index (χ2v) is 5.17. The van der Waals surface area contributed by atoms with Gasteiger partial charge in [0.1, 0.15) is 0 Å². The molecule has 2 N–H and O–H groups in total. The molecule has 2 nitrogen and oxygen atoms in total. The second-order valence-electron chi connectivity index (χ2n) is 5.17. The van der Waals surface area contributed by atoms with Crippen molar-refractivity contribution < 1.29 is 4.74 Å². The third kappa shape index (κ3) is 4.12. The zero-order valence-electron chi connectivity index (χ0n) is 10.5. The molecule has 1 rings (SSSR count). The van der Waals surface area contributed by atoms with Gasteiger partial charge in [-0.2, -0.15) is 0 Å². The highest BCUT2D eigenvalue weighted by Crippen LogP contribution is 2.33. The van der Waals surface area contributed by atoms with E-state index in [9.17, 15) is 0 Å². The molecule has 0 heterocycles. The van der Waals surface area contributed by atoms with Crippen LogP contribution in [0.5, 0.6) is 0 Å². The molecule has 2 heteroatoms. The Morgan fingerprint density at radius 3 is 2.73 bits per heavy atom. The highest BCUT2D eigenvalue weighted by Gasteiger charge is 2.28. The van der Waals surface area contributed by atoms with Gasteiger partial charge in [-0.3, -0.25) is 0 Å². The monoisotopic (exact) mass is 213 g/mol. The first-order valence-electron chi connectivity index (χ1n) is 6.45. The van der Waals surface area contributed by atoms with Gasteiger partial charge in [0.05, 0.1) is 6.10 Å². The van der Waals surface area contributed by atoms with Crippen LogP contribution in [0.15, 0.2) is 0 Å². The summed E-state index contributed by atoms with van der Waals surface area (Å²) in [4.78, 5) is 0. The number of methoxy groups -OCH3 is 1. The van der Waals surface area contributed by atoms with Crippen LogP contribution in [0, 0.1) is 11.8 Å². The molecule has 4 unspecified atom stereocenters. The first-order chi connectivity index (χ1) is 7.17. The minimum Gasteiger partial charge on any atom is -0.382 e. The van der Waals surface area contributed by atoms with Gasteiger partial charge in [0.15, 0.2) is 0 Å². The van der Waals surface area contributed by atoms with Gasteiger partial charge in [0.25, 0.3) is 0 Å². The van der Waals surface area contributed by atoms with Crippen LogP contribution in [-0.4, -0.2) is 19.3 Å². The zero-order chi connectivity index (χ0) is 11.3. The zero-order valence-corrected chi connectivity index (χ0v) is 10.5. The molecule has 0 aliphatic heterocycles. The smallest absolute Gasteiger partial charge is 0.0546 e. The molecule has 0 spiro atoms. The molecule has 4 atom stereocenters. The van der Waals surface area contributed by atoms with Crippen molar-refractivity contribution in [3.05, 3.63) is 0 Å². The van der Waals surface area contributed by atoms with E-state index in [0.29, 0.717) is 18.1 Å². The maximum absolute atomic E-state index is 6.18. The Morgan fingerprint density at radius 1 is 1.40 bits per heavy atom. The number of hydrogen-bond donors (Lipinski definition) is 1. The SMILES string of the molecule is CCCC1CCC(N)C(CC(C)OC)C1. The molecule has 0 saturated heterocycles. The molecule has 1 saturated carbocycles. The average molecular weight is 213 g/mol. The topological polar surface area (TPSA) is 35.2 Å². The summed E-state index contributed by atoms with van der Waals surface area (Å²) in [6.07, 6.45) is 8.07. The summed E-state index contributed by atoms with van der Waals surface area (Å²) < 4.78 is 5.34. The number of hydrogen-bond acceptors (Lipinski definition) is 2. The minimum atomic E-state index is 0.362.